The van der Waals surface area contributed by atoms with Gasteiger partial charge in [-0.2, -0.15) is 0 Å². The third kappa shape index (κ3) is 2.86. The van der Waals surface area contributed by atoms with Crippen molar-refractivity contribution in [2.75, 3.05) is 5.32 Å². The minimum atomic E-state index is 0.534. The van der Waals surface area contributed by atoms with Crippen LogP contribution in [0.25, 0.3) is 0 Å². The largest absolute Gasteiger partial charge is 0.366 e. The monoisotopic (exact) mass is 208 g/mol. The van der Waals surface area contributed by atoms with Gasteiger partial charge in [0.1, 0.15) is 5.82 Å². The first-order valence-electron chi connectivity index (χ1n) is 5.31. The van der Waals surface area contributed by atoms with Gasteiger partial charge in [-0.3, -0.25) is 0 Å². The highest BCUT2D eigenvalue weighted by Crippen LogP contribution is 2.07. The Morgan fingerprint density at radius 1 is 1.00 bits per heavy atom. The van der Waals surface area contributed by atoms with Gasteiger partial charge in [-0.1, -0.05) is 42.7 Å². The molecule has 3 heteroatoms. The molecule has 0 bridgehead atoms. The molecule has 2 radical (unpaired) electrons. The fourth-order valence-electron chi connectivity index (χ4n) is 1.44. The molecule has 0 amide bonds. The number of nitrogens with one attached hydrogen (secondary N) is 1. The predicted octanol–water partition coefficient (Wildman–Crippen LogP) is 2.36. The lowest BCUT2D eigenvalue weighted by Crippen LogP contribution is -2.01. The maximum absolute atomic E-state index is 5.50. The molecule has 1 aromatic carbocycles. The summed E-state index contributed by atoms with van der Waals surface area (Å²) in [5, 5.41) is 3.26. The number of anilines is 1. The molecule has 2 aromatic rings. The molecular formula is C13H13BN2. The zero-order valence-corrected chi connectivity index (χ0v) is 9.06. The lowest BCUT2D eigenvalue weighted by molar-refractivity contribution is 1.10. The van der Waals surface area contributed by atoms with Gasteiger partial charge < -0.3 is 5.32 Å². The molecular weight excluding hydrogens is 195 g/mol. The van der Waals surface area contributed by atoms with Crippen molar-refractivity contribution in [2.24, 2.45) is 0 Å². The molecule has 0 aliphatic heterocycles. The average Bonchev–Trinajstić information content (AvgIpc) is 2.38. The first kappa shape index (κ1) is 10.7. The average molecular weight is 208 g/mol. The van der Waals surface area contributed by atoms with E-state index in [4.69, 9.17) is 7.85 Å². The van der Waals surface area contributed by atoms with E-state index < -0.39 is 0 Å². The third-order valence-electron chi connectivity index (χ3n) is 2.38. The van der Waals surface area contributed by atoms with Crippen LogP contribution in [-0.2, 0) is 12.9 Å². The zero-order chi connectivity index (χ0) is 11.2. The summed E-state index contributed by atoms with van der Waals surface area (Å²) in [5.41, 5.74) is 2.29. The van der Waals surface area contributed by atoms with Crippen LogP contribution in [0.1, 0.15) is 11.1 Å². The van der Waals surface area contributed by atoms with Crippen LogP contribution >= 0.6 is 0 Å². The minimum Gasteiger partial charge on any atom is -0.366 e. The molecule has 0 saturated carbocycles. The van der Waals surface area contributed by atoms with Crippen molar-refractivity contribution in [3.8, 4) is 0 Å². The van der Waals surface area contributed by atoms with E-state index in [9.17, 15) is 0 Å². The second-order valence-electron chi connectivity index (χ2n) is 3.59. The SMILES string of the molecule is [B]Cc1ccc(NCc2ccccc2)nc1. The van der Waals surface area contributed by atoms with Crippen molar-refractivity contribution in [1.29, 1.82) is 0 Å². The summed E-state index contributed by atoms with van der Waals surface area (Å²) in [6.07, 6.45) is 2.33. The van der Waals surface area contributed by atoms with Crippen LogP contribution in [0, 0.1) is 0 Å². The Hall–Kier alpha value is -1.77. The van der Waals surface area contributed by atoms with Crippen molar-refractivity contribution >= 4 is 13.7 Å². The summed E-state index contributed by atoms with van der Waals surface area (Å²) in [6.45, 7) is 0.788. The molecule has 2 rings (SSSR count). The van der Waals surface area contributed by atoms with Crippen LogP contribution in [0.3, 0.4) is 0 Å². The van der Waals surface area contributed by atoms with Crippen LogP contribution in [0.15, 0.2) is 48.7 Å². The molecule has 1 heterocycles. The van der Waals surface area contributed by atoms with Crippen LogP contribution in [0.5, 0.6) is 0 Å². The second kappa shape index (κ2) is 5.35. The molecule has 0 saturated heterocycles. The number of nitrogens with zero attached hydrogens (tertiary/aromatic N) is 1. The molecule has 78 valence electrons. The van der Waals surface area contributed by atoms with E-state index in [2.05, 4.69) is 22.4 Å². The number of pyridine rings is 1. The lowest BCUT2D eigenvalue weighted by atomic mass is 9.99. The Balaban J connectivity index is 1.94. The molecule has 0 spiro atoms. The second-order valence-corrected chi connectivity index (χ2v) is 3.59. The Bertz CT molecular complexity index is 425. The third-order valence-corrected chi connectivity index (χ3v) is 2.38. The van der Waals surface area contributed by atoms with Crippen LogP contribution < -0.4 is 5.32 Å². The molecule has 16 heavy (non-hydrogen) atoms. The Morgan fingerprint density at radius 3 is 2.44 bits per heavy atom. The molecule has 1 aromatic heterocycles. The standard InChI is InChI=1S/C13H13BN2/c14-8-12-6-7-13(16-10-12)15-9-11-4-2-1-3-5-11/h1-7,10H,8-9H2,(H,15,16). The van der Waals surface area contributed by atoms with E-state index in [1.807, 2.05) is 30.3 Å². The van der Waals surface area contributed by atoms with Crippen LogP contribution in [-0.4, -0.2) is 12.8 Å². The lowest BCUT2D eigenvalue weighted by Gasteiger charge is -2.05. The summed E-state index contributed by atoms with van der Waals surface area (Å²) >= 11 is 0. The van der Waals surface area contributed by atoms with Crippen molar-refractivity contribution < 1.29 is 0 Å². The fraction of sp³-hybridized carbons (Fsp3) is 0.154. The van der Waals surface area contributed by atoms with E-state index in [1.165, 1.54) is 5.56 Å². The summed E-state index contributed by atoms with van der Waals surface area (Å²) in [7, 11) is 5.50. The topological polar surface area (TPSA) is 24.9 Å². The maximum Gasteiger partial charge on any atom is 0.126 e. The van der Waals surface area contributed by atoms with Gasteiger partial charge in [0.2, 0.25) is 0 Å². The van der Waals surface area contributed by atoms with Gasteiger partial charge >= 0.3 is 0 Å². The smallest absolute Gasteiger partial charge is 0.126 e. The van der Waals surface area contributed by atoms with Crippen molar-refractivity contribution in [3.05, 3.63) is 59.8 Å². The summed E-state index contributed by atoms with van der Waals surface area (Å²) in [6, 6.07) is 14.2. The molecule has 0 atom stereocenters. The van der Waals surface area contributed by atoms with Crippen molar-refractivity contribution in [3.63, 3.8) is 0 Å². The molecule has 2 nitrogen and oxygen atoms in total. The normalized spacial score (nSPS) is 10.0. The quantitative estimate of drug-likeness (QED) is 0.780. The van der Waals surface area contributed by atoms with Gasteiger partial charge in [0.15, 0.2) is 0 Å². The van der Waals surface area contributed by atoms with E-state index in [0.717, 1.165) is 17.9 Å². The zero-order valence-electron chi connectivity index (χ0n) is 9.06. The highest BCUT2D eigenvalue weighted by molar-refractivity contribution is 6.08. The van der Waals surface area contributed by atoms with Gasteiger partial charge in [0, 0.05) is 12.7 Å². The number of rotatable bonds is 4. The highest BCUT2D eigenvalue weighted by Gasteiger charge is 1.94. The van der Waals surface area contributed by atoms with E-state index in [0.29, 0.717) is 6.32 Å². The Labute approximate surface area is 97.1 Å². The fourth-order valence-corrected chi connectivity index (χ4v) is 1.44. The van der Waals surface area contributed by atoms with E-state index in [1.54, 1.807) is 6.20 Å². The summed E-state index contributed by atoms with van der Waals surface area (Å²) < 4.78 is 0. The Morgan fingerprint density at radius 2 is 1.81 bits per heavy atom. The first-order chi connectivity index (χ1) is 7.88. The number of hydrogen-bond acceptors (Lipinski definition) is 2. The maximum atomic E-state index is 5.50. The van der Waals surface area contributed by atoms with Crippen LogP contribution in [0.2, 0.25) is 0 Å². The molecule has 1 N–H and O–H groups in total. The summed E-state index contributed by atoms with van der Waals surface area (Å²) in [4.78, 5) is 4.27. The van der Waals surface area contributed by atoms with Gasteiger partial charge in [0.25, 0.3) is 0 Å². The number of aromatic nitrogens is 1. The molecule has 0 fully saturated rings. The number of benzene rings is 1. The Kier molecular flexibility index (Phi) is 3.60. The van der Waals surface area contributed by atoms with Gasteiger partial charge in [-0.15, -0.1) is 0 Å². The molecule has 0 aliphatic rings. The van der Waals surface area contributed by atoms with E-state index in [-0.39, 0.29) is 0 Å². The van der Waals surface area contributed by atoms with Crippen molar-refractivity contribution in [2.45, 2.75) is 12.9 Å². The number of hydrogen-bond donors (Lipinski definition) is 1. The van der Waals surface area contributed by atoms with Gasteiger partial charge in [0.05, 0.1) is 7.85 Å². The molecule has 0 unspecified atom stereocenters. The first-order valence-corrected chi connectivity index (χ1v) is 5.31. The van der Waals surface area contributed by atoms with E-state index >= 15 is 0 Å². The van der Waals surface area contributed by atoms with Crippen molar-refractivity contribution in [1.82, 2.24) is 4.98 Å². The van der Waals surface area contributed by atoms with Gasteiger partial charge in [-0.05, 0) is 17.2 Å². The summed E-state index contributed by atoms with van der Waals surface area (Å²) in [5.74, 6) is 0.876. The predicted molar refractivity (Wildman–Crippen MR) is 67.5 cm³/mol. The van der Waals surface area contributed by atoms with Gasteiger partial charge in [-0.25, -0.2) is 4.98 Å². The molecule has 0 aliphatic carbocycles. The minimum absolute atomic E-state index is 0.534. The highest BCUT2D eigenvalue weighted by atomic mass is 15.0. The van der Waals surface area contributed by atoms with Crippen LogP contribution in [0.4, 0.5) is 5.82 Å².